The maximum Gasteiger partial charge on any atom is 0.119 e. The zero-order valence-corrected chi connectivity index (χ0v) is 13.4. The van der Waals surface area contributed by atoms with Crippen molar-refractivity contribution in [3.63, 3.8) is 0 Å². The molecule has 1 N–H and O–H groups in total. The van der Waals surface area contributed by atoms with Crippen LogP contribution in [0, 0.1) is 12.3 Å². The number of ether oxygens (including phenoxy) is 1. The Morgan fingerprint density at radius 2 is 1.95 bits per heavy atom. The van der Waals surface area contributed by atoms with Crippen LogP contribution in [0.4, 0.5) is 0 Å². The molecule has 2 rings (SSSR count). The molecule has 2 nitrogen and oxygen atoms in total. The Bertz CT molecular complexity index is 410. The Labute approximate surface area is 123 Å². The molecule has 1 aromatic carbocycles. The maximum absolute atomic E-state index is 5.87. The highest BCUT2D eigenvalue weighted by molar-refractivity contribution is 5.26. The Hall–Kier alpha value is -1.02. The van der Waals surface area contributed by atoms with Crippen molar-refractivity contribution < 1.29 is 4.74 Å². The van der Waals surface area contributed by atoms with Crippen LogP contribution >= 0.6 is 0 Å². The van der Waals surface area contributed by atoms with Crippen molar-refractivity contribution in [3.8, 4) is 5.75 Å². The van der Waals surface area contributed by atoms with Crippen molar-refractivity contribution in [2.24, 2.45) is 5.41 Å². The molecule has 1 aliphatic carbocycles. The second-order valence-electron chi connectivity index (χ2n) is 6.98. The number of benzene rings is 1. The van der Waals surface area contributed by atoms with Gasteiger partial charge in [-0.15, -0.1) is 0 Å². The minimum Gasteiger partial charge on any atom is -0.492 e. The van der Waals surface area contributed by atoms with Gasteiger partial charge >= 0.3 is 0 Å². The lowest BCUT2D eigenvalue weighted by atomic mass is 9.73. The largest absolute Gasteiger partial charge is 0.492 e. The van der Waals surface area contributed by atoms with Gasteiger partial charge in [0, 0.05) is 12.1 Å². The van der Waals surface area contributed by atoms with Gasteiger partial charge in [-0.1, -0.05) is 44.4 Å². The molecule has 1 fully saturated rings. The molecule has 2 unspecified atom stereocenters. The van der Waals surface area contributed by atoms with Gasteiger partial charge in [0.15, 0.2) is 0 Å². The Kier molecular flexibility index (Phi) is 5.09. The zero-order valence-electron chi connectivity index (χ0n) is 13.4. The molecule has 0 heterocycles. The third-order valence-electron chi connectivity index (χ3n) is 4.51. The molecule has 0 radical (unpaired) electrons. The summed E-state index contributed by atoms with van der Waals surface area (Å²) < 4.78 is 5.87. The second-order valence-corrected chi connectivity index (χ2v) is 6.98. The molecule has 1 aliphatic rings. The predicted octanol–water partition coefficient (Wildman–Crippen LogP) is 4.32. The first-order valence-corrected chi connectivity index (χ1v) is 7.93. The van der Waals surface area contributed by atoms with Crippen molar-refractivity contribution in [1.82, 2.24) is 5.32 Å². The summed E-state index contributed by atoms with van der Waals surface area (Å²) >= 11 is 0. The average Bonchev–Trinajstić information content (AvgIpc) is 2.40. The van der Waals surface area contributed by atoms with E-state index in [0.29, 0.717) is 17.5 Å². The summed E-state index contributed by atoms with van der Waals surface area (Å²) in [6.07, 6.45) is 5.35. The Morgan fingerprint density at radius 1 is 1.25 bits per heavy atom. The van der Waals surface area contributed by atoms with E-state index in [0.717, 1.165) is 12.4 Å². The van der Waals surface area contributed by atoms with Crippen molar-refractivity contribution in [2.75, 3.05) is 6.61 Å². The summed E-state index contributed by atoms with van der Waals surface area (Å²) in [4.78, 5) is 0. The molecule has 0 spiro atoms. The lowest BCUT2D eigenvalue weighted by molar-refractivity contribution is 0.143. The van der Waals surface area contributed by atoms with Crippen LogP contribution in [0.1, 0.15) is 52.0 Å². The average molecular weight is 275 g/mol. The molecule has 20 heavy (non-hydrogen) atoms. The number of nitrogens with one attached hydrogen (secondary N) is 1. The Morgan fingerprint density at radius 3 is 2.60 bits per heavy atom. The third-order valence-corrected chi connectivity index (χ3v) is 4.51. The maximum atomic E-state index is 5.87. The summed E-state index contributed by atoms with van der Waals surface area (Å²) in [7, 11) is 0. The normalized spacial score (nSPS) is 23.3. The SMILES string of the molecule is Cc1ccc(OCC(C)NC2CCCCC2(C)C)cc1. The summed E-state index contributed by atoms with van der Waals surface area (Å²) in [5, 5.41) is 3.77. The summed E-state index contributed by atoms with van der Waals surface area (Å²) in [5.41, 5.74) is 1.68. The third kappa shape index (κ3) is 4.24. The van der Waals surface area contributed by atoms with Crippen molar-refractivity contribution in [3.05, 3.63) is 29.8 Å². The summed E-state index contributed by atoms with van der Waals surface area (Å²) in [6, 6.07) is 9.29. The fraction of sp³-hybridized carbons (Fsp3) is 0.667. The van der Waals surface area contributed by atoms with Gasteiger partial charge in [-0.3, -0.25) is 0 Å². The molecule has 0 amide bonds. The second kappa shape index (κ2) is 6.62. The molecule has 0 saturated heterocycles. The van der Waals surface area contributed by atoms with Crippen LogP contribution in [-0.4, -0.2) is 18.7 Å². The van der Waals surface area contributed by atoms with E-state index in [2.05, 4.69) is 45.1 Å². The van der Waals surface area contributed by atoms with Gasteiger partial charge in [-0.05, 0) is 44.2 Å². The quantitative estimate of drug-likeness (QED) is 0.864. The molecule has 1 aromatic rings. The minimum absolute atomic E-state index is 0.388. The minimum atomic E-state index is 0.388. The molecule has 1 saturated carbocycles. The fourth-order valence-electron chi connectivity index (χ4n) is 3.05. The van der Waals surface area contributed by atoms with Crippen molar-refractivity contribution >= 4 is 0 Å². The van der Waals surface area contributed by atoms with E-state index >= 15 is 0 Å². The predicted molar refractivity (Wildman–Crippen MR) is 85.3 cm³/mol. The number of hydrogen-bond donors (Lipinski definition) is 1. The van der Waals surface area contributed by atoms with E-state index in [1.165, 1.54) is 31.2 Å². The topological polar surface area (TPSA) is 21.3 Å². The standard InChI is InChI=1S/C18H29NO/c1-14-8-10-16(11-9-14)20-13-15(2)19-17-7-5-6-12-18(17,3)4/h8-11,15,17,19H,5-7,12-13H2,1-4H3. The van der Waals surface area contributed by atoms with Crippen LogP contribution < -0.4 is 10.1 Å². The fourth-order valence-corrected chi connectivity index (χ4v) is 3.05. The Balaban J connectivity index is 1.80. The molecule has 0 aliphatic heterocycles. The van der Waals surface area contributed by atoms with Crippen LogP contribution in [0.25, 0.3) is 0 Å². The van der Waals surface area contributed by atoms with E-state index in [1.54, 1.807) is 0 Å². The summed E-state index contributed by atoms with van der Waals surface area (Å²) in [5.74, 6) is 0.965. The van der Waals surface area contributed by atoms with Gasteiger partial charge < -0.3 is 10.1 Å². The van der Waals surface area contributed by atoms with Crippen molar-refractivity contribution in [1.29, 1.82) is 0 Å². The highest BCUT2D eigenvalue weighted by atomic mass is 16.5. The van der Waals surface area contributed by atoms with Gasteiger partial charge in [0.25, 0.3) is 0 Å². The molecule has 112 valence electrons. The van der Waals surface area contributed by atoms with Gasteiger partial charge in [-0.2, -0.15) is 0 Å². The molecule has 2 atom stereocenters. The number of aryl methyl sites for hydroxylation is 1. The first-order valence-electron chi connectivity index (χ1n) is 7.93. The van der Waals surface area contributed by atoms with Crippen LogP contribution in [0.15, 0.2) is 24.3 Å². The van der Waals surface area contributed by atoms with E-state index in [1.807, 2.05) is 12.1 Å². The summed E-state index contributed by atoms with van der Waals surface area (Å²) in [6.45, 7) is 9.82. The van der Waals surface area contributed by atoms with Gasteiger partial charge in [0.05, 0.1) is 0 Å². The van der Waals surface area contributed by atoms with Crippen LogP contribution in [-0.2, 0) is 0 Å². The number of hydrogen-bond acceptors (Lipinski definition) is 2. The van der Waals surface area contributed by atoms with Gasteiger partial charge in [0.2, 0.25) is 0 Å². The smallest absolute Gasteiger partial charge is 0.119 e. The first-order chi connectivity index (χ1) is 9.47. The van der Waals surface area contributed by atoms with Gasteiger partial charge in [0.1, 0.15) is 12.4 Å². The highest BCUT2D eigenvalue weighted by Crippen LogP contribution is 2.35. The van der Waals surface area contributed by atoms with E-state index in [9.17, 15) is 0 Å². The van der Waals surface area contributed by atoms with Crippen LogP contribution in [0.3, 0.4) is 0 Å². The number of rotatable bonds is 5. The van der Waals surface area contributed by atoms with E-state index in [4.69, 9.17) is 4.74 Å². The molecular formula is C18H29NO. The first kappa shape index (κ1) is 15.4. The van der Waals surface area contributed by atoms with E-state index < -0.39 is 0 Å². The van der Waals surface area contributed by atoms with Crippen molar-refractivity contribution in [2.45, 2.75) is 65.5 Å². The highest BCUT2D eigenvalue weighted by Gasteiger charge is 2.32. The lowest BCUT2D eigenvalue weighted by Gasteiger charge is -2.40. The van der Waals surface area contributed by atoms with Crippen LogP contribution in [0.2, 0.25) is 0 Å². The zero-order chi connectivity index (χ0) is 14.6. The molecular weight excluding hydrogens is 246 g/mol. The molecule has 2 heteroatoms. The molecule has 0 bridgehead atoms. The monoisotopic (exact) mass is 275 g/mol. The van der Waals surface area contributed by atoms with Gasteiger partial charge in [-0.25, -0.2) is 0 Å². The molecule has 0 aromatic heterocycles. The van der Waals surface area contributed by atoms with E-state index in [-0.39, 0.29) is 0 Å². The van der Waals surface area contributed by atoms with Crippen LogP contribution in [0.5, 0.6) is 5.75 Å². The lowest BCUT2D eigenvalue weighted by Crippen LogP contribution is -2.49.